The van der Waals surface area contributed by atoms with E-state index in [-0.39, 0.29) is 5.75 Å². The molecule has 0 spiro atoms. The summed E-state index contributed by atoms with van der Waals surface area (Å²) in [6.07, 6.45) is 3.41. The van der Waals surface area contributed by atoms with Gasteiger partial charge >= 0.3 is 0 Å². The number of benzene rings is 1. The molecule has 2 aromatic heterocycles. The summed E-state index contributed by atoms with van der Waals surface area (Å²) < 4.78 is 7.12. The Morgan fingerprint density at radius 2 is 2.00 bits per heavy atom. The third-order valence-electron chi connectivity index (χ3n) is 2.31. The number of para-hydroxylation sites is 2. The highest BCUT2D eigenvalue weighted by molar-refractivity contribution is 5.42. The van der Waals surface area contributed by atoms with Gasteiger partial charge in [-0.05, 0) is 12.1 Å². The molecular weight excluding hydrogens is 218 g/mol. The van der Waals surface area contributed by atoms with Crippen LogP contribution in [0.1, 0.15) is 0 Å². The van der Waals surface area contributed by atoms with Crippen molar-refractivity contribution in [3.63, 3.8) is 0 Å². The Morgan fingerprint density at radius 1 is 1.12 bits per heavy atom. The van der Waals surface area contributed by atoms with Crippen molar-refractivity contribution < 1.29 is 9.84 Å². The summed E-state index contributed by atoms with van der Waals surface area (Å²) in [6, 6.07) is 10.2. The monoisotopic (exact) mass is 227 g/mol. The van der Waals surface area contributed by atoms with Crippen LogP contribution in [0, 0.1) is 0 Å². The summed E-state index contributed by atoms with van der Waals surface area (Å²) in [5.74, 6) is 0.881. The van der Waals surface area contributed by atoms with E-state index in [0.717, 1.165) is 0 Å². The first-order valence-corrected chi connectivity index (χ1v) is 5.09. The van der Waals surface area contributed by atoms with Gasteiger partial charge in [0, 0.05) is 18.3 Å². The van der Waals surface area contributed by atoms with E-state index in [1.54, 1.807) is 53.3 Å². The normalized spacial score (nSPS) is 10.6. The molecule has 3 rings (SSSR count). The van der Waals surface area contributed by atoms with Crippen LogP contribution in [0.4, 0.5) is 0 Å². The standard InChI is InChI=1S/C12H9N3O2/c16-9-3-1-2-4-10(9)17-12-6-8-15-11(14-12)5-7-13-15/h1-8,16H. The van der Waals surface area contributed by atoms with Crippen molar-refractivity contribution in [1.82, 2.24) is 14.6 Å². The Labute approximate surface area is 96.9 Å². The van der Waals surface area contributed by atoms with Crippen molar-refractivity contribution in [2.75, 3.05) is 0 Å². The Bertz CT molecular complexity index is 663. The second kappa shape index (κ2) is 3.79. The lowest BCUT2D eigenvalue weighted by atomic mass is 10.3. The lowest BCUT2D eigenvalue weighted by molar-refractivity contribution is 0.403. The second-order valence-electron chi connectivity index (χ2n) is 3.47. The number of fused-ring (bicyclic) bond motifs is 1. The van der Waals surface area contributed by atoms with E-state index in [1.165, 1.54) is 0 Å². The topological polar surface area (TPSA) is 59.7 Å². The molecule has 2 heterocycles. The van der Waals surface area contributed by atoms with Crippen LogP contribution in [0.15, 0.2) is 48.8 Å². The molecule has 0 aliphatic carbocycles. The minimum absolute atomic E-state index is 0.0858. The van der Waals surface area contributed by atoms with Crippen molar-refractivity contribution in [2.24, 2.45) is 0 Å². The summed E-state index contributed by atoms with van der Waals surface area (Å²) in [5.41, 5.74) is 0.693. The third-order valence-corrected chi connectivity index (χ3v) is 2.31. The van der Waals surface area contributed by atoms with Gasteiger partial charge in [0.25, 0.3) is 0 Å². The van der Waals surface area contributed by atoms with Crippen molar-refractivity contribution in [3.05, 3.63) is 48.8 Å². The van der Waals surface area contributed by atoms with Crippen LogP contribution in [-0.2, 0) is 0 Å². The molecule has 3 aromatic rings. The van der Waals surface area contributed by atoms with E-state index in [1.807, 2.05) is 0 Å². The molecule has 5 heteroatoms. The number of hydrogen-bond acceptors (Lipinski definition) is 4. The van der Waals surface area contributed by atoms with Crippen LogP contribution in [0.2, 0.25) is 0 Å². The average molecular weight is 227 g/mol. The van der Waals surface area contributed by atoms with Gasteiger partial charge in [0.05, 0.1) is 6.20 Å². The summed E-state index contributed by atoms with van der Waals surface area (Å²) in [6.45, 7) is 0. The molecule has 5 nitrogen and oxygen atoms in total. The maximum absolute atomic E-state index is 9.57. The SMILES string of the molecule is Oc1ccccc1Oc1ccn2nccc2n1. The lowest BCUT2D eigenvalue weighted by Gasteiger charge is -2.06. The zero-order chi connectivity index (χ0) is 11.7. The lowest BCUT2D eigenvalue weighted by Crippen LogP contribution is -1.93. The van der Waals surface area contributed by atoms with Crippen LogP contribution in [-0.4, -0.2) is 19.7 Å². The number of aromatic nitrogens is 3. The Balaban J connectivity index is 1.97. The summed E-state index contributed by atoms with van der Waals surface area (Å²) in [7, 11) is 0. The fraction of sp³-hybridized carbons (Fsp3) is 0. The van der Waals surface area contributed by atoms with Gasteiger partial charge in [-0.25, -0.2) is 4.52 Å². The molecule has 0 aliphatic heterocycles. The molecule has 0 bridgehead atoms. The zero-order valence-electron chi connectivity index (χ0n) is 8.82. The van der Waals surface area contributed by atoms with Crippen LogP contribution in [0.25, 0.3) is 5.65 Å². The highest BCUT2D eigenvalue weighted by Gasteiger charge is 2.04. The molecular formula is C12H9N3O2. The summed E-state index contributed by atoms with van der Waals surface area (Å²) >= 11 is 0. The fourth-order valence-electron chi connectivity index (χ4n) is 1.51. The van der Waals surface area contributed by atoms with E-state index in [4.69, 9.17) is 4.74 Å². The predicted molar refractivity (Wildman–Crippen MR) is 61.2 cm³/mol. The summed E-state index contributed by atoms with van der Waals surface area (Å²) in [5, 5.41) is 13.6. The molecule has 1 N–H and O–H groups in total. The molecule has 0 unspecified atom stereocenters. The van der Waals surface area contributed by atoms with Crippen molar-refractivity contribution in [3.8, 4) is 17.4 Å². The molecule has 17 heavy (non-hydrogen) atoms. The molecule has 0 amide bonds. The van der Waals surface area contributed by atoms with Crippen LogP contribution >= 0.6 is 0 Å². The largest absolute Gasteiger partial charge is 0.504 e. The molecule has 0 atom stereocenters. The maximum Gasteiger partial charge on any atom is 0.222 e. The fourth-order valence-corrected chi connectivity index (χ4v) is 1.51. The van der Waals surface area contributed by atoms with Gasteiger partial charge in [-0.2, -0.15) is 10.1 Å². The Morgan fingerprint density at radius 3 is 2.88 bits per heavy atom. The minimum atomic E-state index is 0.0858. The molecule has 0 saturated carbocycles. The van der Waals surface area contributed by atoms with Gasteiger partial charge in [0.1, 0.15) is 0 Å². The minimum Gasteiger partial charge on any atom is -0.504 e. The molecule has 0 radical (unpaired) electrons. The smallest absolute Gasteiger partial charge is 0.222 e. The van der Waals surface area contributed by atoms with Gasteiger partial charge in [0.15, 0.2) is 17.1 Å². The number of ether oxygens (including phenoxy) is 1. The predicted octanol–water partition coefficient (Wildman–Crippen LogP) is 2.23. The molecule has 0 fully saturated rings. The number of nitrogens with zero attached hydrogens (tertiary/aromatic N) is 3. The Kier molecular flexibility index (Phi) is 2.15. The van der Waals surface area contributed by atoms with Gasteiger partial charge in [-0.3, -0.25) is 0 Å². The Hall–Kier alpha value is -2.56. The maximum atomic E-state index is 9.57. The van der Waals surface area contributed by atoms with E-state index in [0.29, 0.717) is 17.3 Å². The van der Waals surface area contributed by atoms with Crippen LogP contribution < -0.4 is 4.74 Å². The highest BCUT2D eigenvalue weighted by Crippen LogP contribution is 2.28. The second-order valence-corrected chi connectivity index (χ2v) is 3.47. The first-order valence-electron chi connectivity index (χ1n) is 5.09. The van der Waals surface area contributed by atoms with E-state index >= 15 is 0 Å². The zero-order valence-corrected chi connectivity index (χ0v) is 8.82. The number of rotatable bonds is 2. The molecule has 0 aliphatic rings. The number of aromatic hydroxyl groups is 1. The van der Waals surface area contributed by atoms with Gasteiger partial charge < -0.3 is 9.84 Å². The van der Waals surface area contributed by atoms with Crippen molar-refractivity contribution >= 4 is 5.65 Å². The molecule has 84 valence electrons. The van der Waals surface area contributed by atoms with E-state index in [9.17, 15) is 5.11 Å². The average Bonchev–Trinajstić information content (AvgIpc) is 2.79. The van der Waals surface area contributed by atoms with E-state index < -0.39 is 0 Å². The molecule has 0 saturated heterocycles. The summed E-state index contributed by atoms with van der Waals surface area (Å²) in [4.78, 5) is 4.24. The first kappa shape index (κ1) is 9.65. The molecule has 1 aromatic carbocycles. The van der Waals surface area contributed by atoms with E-state index in [2.05, 4.69) is 10.1 Å². The quantitative estimate of drug-likeness (QED) is 0.729. The number of hydrogen-bond donors (Lipinski definition) is 1. The number of phenols is 1. The number of phenolic OH excluding ortho intramolecular Hbond substituents is 1. The van der Waals surface area contributed by atoms with Crippen LogP contribution in [0.5, 0.6) is 17.4 Å². The van der Waals surface area contributed by atoms with Crippen LogP contribution in [0.3, 0.4) is 0 Å². The van der Waals surface area contributed by atoms with Gasteiger partial charge in [-0.15, -0.1) is 0 Å². The van der Waals surface area contributed by atoms with Gasteiger partial charge in [-0.1, -0.05) is 12.1 Å². The van der Waals surface area contributed by atoms with Crippen molar-refractivity contribution in [1.29, 1.82) is 0 Å². The first-order chi connectivity index (χ1) is 8.33. The highest BCUT2D eigenvalue weighted by atomic mass is 16.5. The van der Waals surface area contributed by atoms with Crippen molar-refractivity contribution in [2.45, 2.75) is 0 Å². The van der Waals surface area contributed by atoms with Gasteiger partial charge in [0.2, 0.25) is 5.88 Å². The third kappa shape index (κ3) is 1.78.